The smallest absolute Gasteiger partial charge is 0.405 e. The molecule has 0 saturated heterocycles. The van der Waals surface area contributed by atoms with Crippen LogP contribution in [0.3, 0.4) is 0 Å². The standard InChI is InChI=1S/C12H17N3O3/c13-8-11(6-7-11)15-9(16)12(18-10(14)17)4-2-1-3-5-12/h1-7H2,(H2,14,17)(H,15,16). The van der Waals surface area contributed by atoms with Gasteiger partial charge >= 0.3 is 6.09 Å². The molecule has 0 atom stereocenters. The van der Waals surface area contributed by atoms with Gasteiger partial charge in [-0.1, -0.05) is 6.42 Å². The van der Waals surface area contributed by atoms with Crippen molar-refractivity contribution in [2.24, 2.45) is 5.73 Å². The van der Waals surface area contributed by atoms with Crippen molar-refractivity contribution in [3.63, 3.8) is 0 Å². The average Bonchev–Trinajstić information content (AvgIpc) is 3.10. The van der Waals surface area contributed by atoms with Crippen LogP contribution in [0.4, 0.5) is 4.79 Å². The lowest BCUT2D eigenvalue weighted by Gasteiger charge is -2.35. The SMILES string of the molecule is N#CC1(NC(=O)C2(OC(N)=O)CCCCC2)CC1. The van der Waals surface area contributed by atoms with Crippen molar-refractivity contribution in [1.29, 1.82) is 5.26 Å². The van der Waals surface area contributed by atoms with Crippen LogP contribution in [-0.2, 0) is 9.53 Å². The summed E-state index contributed by atoms with van der Waals surface area (Å²) in [5.41, 5.74) is 3.13. The highest BCUT2D eigenvalue weighted by molar-refractivity contribution is 5.88. The molecule has 6 nitrogen and oxygen atoms in total. The molecule has 0 aliphatic heterocycles. The van der Waals surface area contributed by atoms with Gasteiger partial charge in [-0.15, -0.1) is 0 Å². The molecular weight excluding hydrogens is 234 g/mol. The first-order chi connectivity index (χ1) is 8.52. The molecule has 98 valence electrons. The molecule has 0 aromatic carbocycles. The molecule has 0 unspecified atom stereocenters. The van der Waals surface area contributed by atoms with Crippen LogP contribution in [0.1, 0.15) is 44.9 Å². The minimum absolute atomic E-state index is 0.375. The zero-order chi connectivity index (χ0) is 13.2. The molecule has 0 radical (unpaired) electrons. The molecule has 6 heteroatoms. The lowest BCUT2D eigenvalue weighted by Crippen LogP contribution is -2.54. The summed E-state index contributed by atoms with van der Waals surface area (Å²) in [7, 11) is 0. The number of nitrogens with zero attached hydrogens (tertiary/aromatic N) is 1. The van der Waals surface area contributed by atoms with E-state index in [0.29, 0.717) is 25.7 Å². The van der Waals surface area contributed by atoms with Gasteiger partial charge in [0, 0.05) is 0 Å². The number of rotatable bonds is 3. The molecule has 0 bridgehead atoms. The van der Waals surface area contributed by atoms with Gasteiger partial charge in [-0.25, -0.2) is 4.79 Å². The predicted octanol–water partition coefficient (Wildman–Crippen LogP) is 0.957. The fourth-order valence-electron chi connectivity index (χ4n) is 2.41. The Kier molecular flexibility index (Phi) is 3.16. The van der Waals surface area contributed by atoms with Crippen molar-refractivity contribution < 1.29 is 14.3 Å². The molecule has 2 aliphatic rings. The van der Waals surface area contributed by atoms with E-state index in [2.05, 4.69) is 11.4 Å². The van der Waals surface area contributed by atoms with E-state index in [9.17, 15) is 9.59 Å². The number of nitriles is 1. The molecule has 0 heterocycles. The summed E-state index contributed by atoms with van der Waals surface area (Å²) in [6, 6.07) is 2.09. The van der Waals surface area contributed by atoms with Crippen molar-refractivity contribution >= 4 is 12.0 Å². The van der Waals surface area contributed by atoms with E-state index in [1.54, 1.807) is 0 Å². The molecule has 0 spiro atoms. The van der Waals surface area contributed by atoms with E-state index in [0.717, 1.165) is 19.3 Å². The van der Waals surface area contributed by atoms with Gasteiger partial charge in [-0.05, 0) is 38.5 Å². The first-order valence-corrected chi connectivity index (χ1v) is 6.24. The molecule has 3 N–H and O–H groups in total. The molecular formula is C12H17N3O3. The van der Waals surface area contributed by atoms with Gasteiger partial charge in [0.1, 0.15) is 5.54 Å². The van der Waals surface area contributed by atoms with Crippen LogP contribution in [0.5, 0.6) is 0 Å². The van der Waals surface area contributed by atoms with Gasteiger partial charge in [0.05, 0.1) is 6.07 Å². The summed E-state index contributed by atoms with van der Waals surface area (Å²) in [6.07, 6.45) is 3.98. The number of primary amides is 1. The maximum absolute atomic E-state index is 12.3. The number of carbonyl (C=O) groups excluding carboxylic acids is 2. The first kappa shape index (κ1) is 12.7. The molecule has 0 aromatic heterocycles. The van der Waals surface area contributed by atoms with Crippen molar-refractivity contribution in [2.75, 3.05) is 0 Å². The summed E-state index contributed by atoms with van der Waals surface area (Å²) in [5, 5.41) is 11.7. The number of nitrogens with one attached hydrogen (secondary N) is 1. The second-order valence-corrected chi connectivity index (χ2v) is 5.12. The summed E-state index contributed by atoms with van der Waals surface area (Å²) in [5.74, 6) is -0.375. The predicted molar refractivity (Wildman–Crippen MR) is 62.2 cm³/mol. The van der Waals surface area contributed by atoms with Crippen LogP contribution in [0, 0.1) is 11.3 Å². The highest BCUT2D eigenvalue weighted by Crippen LogP contribution is 2.37. The third kappa shape index (κ3) is 2.40. The molecule has 2 aliphatic carbocycles. The van der Waals surface area contributed by atoms with Crippen LogP contribution in [0.25, 0.3) is 0 Å². The lowest BCUT2D eigenvalue weighted by atomic mass is 9.83. The van der Waals surface area contributed by atoms with E-state index < -0.39 is 17.2 Å². The van der Waals surface area contributed by atoms with E-state index >= 15 is 0 Å². The van der Waals surface area contributed by atoms with Gasteiger partial charge in [-0.3, -0.25) is 4.79 Å². The van der Waals surface area contributed by atoms with E-state index in [1.807, 2.05) is 0 Å². The van der Waals surface area contributed by atoms with Gasteiger partial charge < -0.3 is 15.8 Å². The second kappa shape index (κ2) is 4.48. The highest BCUT2D eigenvalue weighted by atomic mass is 16.6. The third-order valence-electron chi connectivity index (χ3n) is 3.69. The van der Waals surface area contributed by atoms with Gasteiger partial charge in [0.2, 0.25) is 0 Å². The lowest BCUT2D eigenvalue weighted by molar-refractivity contribution is -0.143. The maximum atomic E-state index is 12.3. The number of hydrogen-bond acceptors (Lipinski definition) is 4. The Hall–Kier alpha value is -1.77. The third-order valence-corrected chi connectivity index (χ3v) is 3.69. The number of hydrogen-bond donors (Lipinski definition) is 2. The monoisotopic (exact) mass is 251 g/mol. The van der Waals surface area contributed by atoms with Gasteiger partial charge in [-0.2, -0.15) is 5.26 Å². The maximum Gasteiger partial charge on any atom is 0.405 e. The largest absolute Gasteiger partial charge is 0.433 e. The van der Waals surface area contributed by atoms with Crippen molar-refractivity contribution in [3.05, 3.63) is 0 Å². The summed E-state index contributed by atoms with van der Waals surface area (Å²) in [6.45, 7) is 0. The van der Waals surface area contributed by atoms with Crippen LogP contribution in [0.2, 0.25) is 0 Å². The topological polar surface area (TPSA) is 105 Å². The fraction of sp³-hybridized carbons (Fsp3) is 0.750. The van der Waals surface area contributed by atoms with E-state index in [1.165, 1.54) is 0 Å². The van der Waals surface area contributed by atoms with Crippen molar-refractivity contribution in [2.45, 2.75) is 56.1 Å². The van der Waals surface area contributed by atoms with Crippen molar-refractivity contribution in [3.8, 4) is 6.07 Å². The van der Waals surface area contributed by atoms with Gasteiger partial charge in [0.25, 0.3) is 5.91 Å². The van der Waals surface area contributed by atoms with Crippen LogP contribution in [0.15, 0.2) is 0 Å². The summed E-state index contributed by atoms with van der Waals surface area (Å²) < 4.78 is 5.08. The Balaban J connectivity index is 2.10. The fourth-order valence-corrected chi connectivity index (χ4v) is 2.41. The van der Waals surface area contributed by atoms with Crippen LogP contribution in [-0.4, -0.2) is 23.1 Å². The minimum Gasteiger partial charge on any atom is -0.433 e. The van der Waals surface area contributed by atoms with Crippen LogP contribution < -0.4 is 11.1 Å². The Bertz CT molecular complexity index is 403. The summed E-state index contributed by atoms with van der Waals surface area (Å²) >= 11 is 0. The molecule has 2 amide bonds. The van der Waals surface area contributed by atoms with Gasteiger partial charge in [0.15, 0.2) is 5.60 Å². The molecule has 2 rings (SSSR count). The second-order valence-electron chi connectivity index (χ2n) is 5.12. The van der Waals surface area contributed by atoms with Crippen molar-refractivity contribution in [1.82, 2.24) is 5.32 Å². The Morgan fingerprint density at radius 3 is 2.22 bits per heavy atom. The zero-order valence-corrected chi connectivity index (χ0v) is 10.2. The summed E-state index contributed by atoms with van der Waals surface area (Å²) in [4.78, 5) is 23.3. The molecule has 2 saturated carbocycles. The number of ether oxygens (including phenoxy) is 1. The molecule has 18 heavy (non-hydrogen) atoms. The normalized spacial score (nSPS) is 23.5. The first-order valence-electron chi connectivity index (χ1n) is 6.24. The number of nitrogens with two attached hydrogens (primary N) is 1. The average molecular weight is 251 g/mol. The highest BCUT2D eigenvalue weighted by Gasteiger charge is 2.51. The minimum atomic E-state index is -1.17. The molecule has 0 aromatic rings. The Morgan fingerprint density at radius 2 is 1.78 bits per heavy atom. The number of carbonyl (C=O) groups is 2. The Morgan fingerprint density at radius 1 is 1.17 bits per heavy atom. The molecule has 2 fully saturated rings. The zero-order valence-electron chi connectivity index (χ0n) is 10.2. The van der Waals surface area contributed by atoms with Crippen LogP contribution >= 0.6 is 0 Å². The quantitative estimate of drug-likeness (QED) is 0.779. The number of amides is 2. The van der Waals surface area contributed by atoms with E-state index in [-0.39, 0.29) is 5.91 Å². The van der Waals surface area contributed by atoms with E-state index in [4.69, 9.17) is 15.7 Å². The Labute approximate surface area is 105 Å².